The minimum atomic E-state index is 0. The van der Waals surface area contributed by atoms with E-state index >= 15 is 0 Å². The number of ether oxygens (including phenoxy) is 1. The Hall–Kier alpha value is -0.800. The van der Waals surface area contributed by atoms with E-state index in [0.29, 0.717) is 5.92 Å². The lowest BCUT2D eigenvalue weighted by molar-refractivity contribution is 0.180. The summed E-state index contributed by atoms with van der Waals surface area (Å²) in [6.45, 7) is 7.83. The van der Waals surface area contributed by atoms with Crippen LogP contribution in [-0.4, -0.2) is 69.2 Å². The van der Waals surface area contributed by atoms with Gasteiger partial charge in [-0.25, -0.2) is 0 Å². The fourth-order valence-corrected chi connectivity index (χ4v) is 3.87. The average molecular weight is 476 g/mol. The second-order valence-electron chi connectivity index (χ2n) is 7.25. The van der Waals surface area contributed by atoms with Crippen LogP contribution in [0.25, 0.3) is 0 Å². The molecule has 2 atom stereocenters. The molecule has 0 saturated carbocycles. The average Bonchev–Trinajstić information content (AvgIpc) is 3.34. The summed E-state index contributed by atoms with van der Waals surface area (Å²) in [6.07, 6.45) is 3.68. The van der Waals surface area contributed by atoms with Gasteiger partial charge < -0.3 is 19.4 Å². The standard InChI is InChI=1S/C19H32N4O2.HI/c1-15-6-7-18(25-15)17(23-9-4-5-10-23)12-21-19(20-2)22(3)13-16-8-11-24-14-16;/h6-7,16-17H,4-5,8-14H2,1-3H3,(H,20,21);1H. The molecule has 1 aromatic heterocycles. The highest BCUT2D eigenvalue weighted by molar-refractivity contribution is 14.0. The van der Waals surface area contributed by atoms with Crippen molar-refractivity contribution in [3.63, 3.8) is 0 Å². The minimum Gasteiger partial charge on any atom is -0.465 e. The van der Waals surface area contributed by atoms with Crippen molar-refractivity contribution in [1.29, 1.82) is 0 Å². The summed E-state index contributed by atoms with van der Waals surface area (Å²) < 4.78 is 11.4. The fourth-order valence-electron chi connectivity index (χ4n) is 3.87. The van der Waals surface area contributed by atoms with Gasteiger partial charge in [-0.2, -0.15) is 0 Å². The maximum absolute atomic E-state index is 5.94. The number of halogens is 1. The second-order valence-corrected chi connectivity index (χ2v) is 7.25. The molecule has 0 aliphatic carbocycles. The van der Waals surface area contributed by atoms with Crippen molar-refractivity contribution in [3.05, 3.63) is 23.7 Å². The zero-order valence-corrected chi connectivity index (χ0v) is 18.6. The SMILES string of the molecule is CN=C(NCC(c1ccc(C)o1)N1CCCC1)N(C)CC1CCOC1.I. The van der Waals surface area contributed by atoms with E-state index in [2.05, 4.69) is 39.3 Å². The number of nitrogens with one attached hydrogen (secondary N) is 1. The fraction of sp³-hybridized carbons (Fsp3) is 0.737. The molecule has 0 amide bonds. The van der Waals surface area contributed by atoms with Crippen molar-refractivity contribution in [2.24, 2.45) is 10.9 Å². The van der Waals surface area contributed by atoms with Crippen LogP contribution in [0.3, 0.4) is 0 Å². The van der Waals surface area contributed by atoms with Gasteiger partial charge in [0.25, 0.3) is 0 Å². The van der Waals surface area contributed by atoms with Crippen LogP contribution in [0.2, 0.25) is 0 Å². The summed E-state index contributed by atoms with van der Waals surface area (Å²) in [6, 6.07) is 4.43. The summed E-state index contributed by atoms with van der Waals surface area (Å²) in [4.78, 5) is 9.20. The molecule has 2 fully saturated rings. The molecule has 7 heteroatoms. The highest BCUT2D eigenvalue weighted by Crippen LogP contribution is 2.26. The highest BCUT2D eigenvalue weighted by atomic mass is 127. The predicted molar refractivity (Wildman–Crippen MR) is 115 cm³/mol. The van der Waals surface area contributed by atoms with Crippen LogP contribution in [0.4, 0.5) is 0 Å². The van der Waals surface area contributed by atoms with Crippen LogP contribution in [0.15, 0.2) is 21.5 Å². The molecule has 2 unspecified atom stereocenters. The van der Waals surface area contributed by atoms with Gasteiger partial charge in [-0.05, 0) is 51.4 Å². The van der Waals surface area contributed by atoms with Crippen LogP contribution in [-0.2, 0) is 4.74 Å². The Morgan fingerprint density at radius 3 is 2.73 bits per heavy atom. The lowest BCUT2D eigenvalue weighted by atomic mass is 10.1. The lowest BCUT2D eigenvalue weighted by Gasteiger charge is -2.29. The van der Waals surface area contributed by atoms with E-state index in [4.69, 9.17) is 9.15 Å². The Kier molecular flexibility index (Phi) is 8.69. The predicted octanol–water partition coefficient (Wildman–Crippen LogP) is 2.89. The molecule has 0 aromatic carbocycles. The number of rotatable bonds is 6. The Morgan fingerprint density at radius 2 is 2.15 bits per heavy atom. The first-order valence-electron chi connectivity index (χ1n) is 9.47. The Balaban J connectivity index is 0.00000243. The monoisotopic (exact) mass is 476 g/mol. The summed E-state index contributed by atoms with van der Waals surface area (Å²) in [5.74, 6) is 3.57. The van der Waals surface area contributed by atoms with E-state index in [9.17, 15) is 0 Å². The number of hydrogen-bond donors (Lipinski definition) is 1. The molecule has 2 aliphatic rings. The number of aryl methyl sites for hydroxylation is 1. The molecule has 2 saturated heterocycles. The van der Waals surface area contributed by atoms with E-state index in [1.54, 1.807) is 0 Å². The number of guanidine groups is 1. The van der Waals surface area contributed by atoms with Crippen molar-refractivity contribution in [1.82, 2.24) is 15.1 Å². The van der Waals surface area contributed by atoms with Gasteiger partial charge in [-0.3, -0.25) is 9.89 Å². The molecule has 3 rings (SSSR count). The van der Waals surface area contributed by atoms with E-state index in [-0.39, 0.29) is 30.0 Å². The Bertz CT molecular complexity index is 566. The second kappa shape index (κ2) is 10.5. The number of nitrogens with zero attached hydrogens (tertiary/aromatic N) is 3. The molecule has 148 valence electrons. The summed E-state index contributed by atoms with van der Waals surface area (Å²) in [5.41, 5.74) is 0. The molecule has 0 spiro atoms. The third-order valence-electron chi connectivity index (χ3n) is 5.25. The van der Waals surface area contributed by atoms with Crippen molar-refractivity contribution in [2.75, 3.05) is 53.5 Å². The molecule has 3 heterocycles. The first kappa shape index (κ1) is 21.5. The van der Waals surface area contributed by atoms with Crippen molar-refractivity contribution < 1.29 is 9.15 Å². The van der Waals surface area contributed by atoms with E-state index < -0.39 is 0 Å². The molecular formula is C19H33IN4O2. The van der Waals surface area contributed by atoms with Gasteiger partial charge >= 0.3 is 0 Å². The van der Waals surface area contributed by atoms with Crippen LogP contribution in [0, 0.1) is 12.8 Å². The lowest BCUT2D eigenvalue weighted by Crippen LogP contribution is -2.45. The smallest absolute Gasteiger partial charge is 0.193 e. The maximum Gasteiger partial charge on any atom is 0.193 e. The third kappa shape index (κ3) is 5.60. The molecule has 1 aromatic rings. The molecule has 2 aliphatic heterocycles. The quantitative estimate of drug-likeness (QED) is 0.389. The van der Waals surface area contributed by atoms with Crippen LogP contribution in [0.5, 0.6) is 0 Å². The van der Waals surface area contributed by atoms with Gasteiger partial charge in [0.2, 0.25) is 0 Å². The number of furan rings is 1. The van der Waals surface area contributed by atoms with E-state index in [0.717, 1.165) is 63.3 Å². The van der Waals surface area contributed by atoms with Crippen molar-refractivity contribution >= 4 is 29.9 Å². The van der Waals surface area contributed by atoms with Gasteiger partial charge in [0.15, 0.2) is 5.96 Å². The van der Waals surface area contributed by atoms with Crippen molar-refractivity contribution in [3.8, 4) is 0 Å². The molecule has 1 N–H and O–H groups in total. The first-order valence-corrected chi connectivity index (χ1v) is 9.47. The Morgan fingerprint density at radius 1 is 1.38 bits per heavy atom. The molecule has 6 nitrogen and oxygen atoms in total. The minimum absolute atomic E-state index is 0. The number of aliphatic imine (C=N–C) groups is 1. The zero-order chi connectivity index (χ0) is 17.6. The normalized spacial score (nSPS) is 22.3. The van der Waals surface area contributed by atoms with Gasteiger partial charge in [0.1, 0.15) is 11.5 Å². The van der Waals surface area contributed by atoms with Gasteiger partial charge in [-0.1, -0.05) is 0 Å². The van der Waals surface area contributed by atoms with Crippen molar-refractivity contribution in [2.45, 2.75) is 32.2 Å². The largest absolute Gasteiger partial charge is 0.465 e. The summed E-state index contributed by atoms with van der Waals surface area (Å²) in [5, 5.41) is 3.56. The highest BCUT2D eigenvalue weighted by Gasteiger charge is 2.27. The molecule has 26 heavy (non-hydrogen) atoms. The van der Waals surface area contributed by atoms with E-state index in [1.807, 2.05) is 14.0 Å². The van der Waals surface area contributed by atoms with Crippen LogP contribution < -0.4 is 5.32 Å². The maximum atomic E-state index is 5.94. The van der Waals surface area contributed by atoms with Gasteiger partial charge in [0.05, 0.1) is 12.6 Å². The summed E-state index contributed by atoms with van der Waals surface area (Å²) in [7, 11) is 3.96. The zero-order valence-electron chi connectivity index (χ0n) is 16.2. The van der Waals surface area contributed by atoms with Crippen LogP contribution >= 0.6 is 24.0 Å². The molecule has 0 bridgehead atoms. The Labute approximate surface area is 174 Å². The van der Waals surface area contributed by atoms with Gasteiger partial charge in [0, 0.05) is 39.7 Å². The first-order chi connectivity index (χ1) is 12.2. The van der Waals surface area contributed by atoms with E-state index in [1.165, 1.54) is 12.8 Å². The van der Waals surface area contributed by atoms with Gasteiger partial charge in [-0.15, -0.1) is 24.0 Å². The van der Waals surface area contributed by atoms with Crippen LogP contribution in [0.1, 0.15) is 36.8 Å². The molecule has 0 radical (unpaired) electrons. The number of likely N-dealkylation sites (tertiary alicyclic amines) is 1. The number of hydrogen-bond acceptors (Lipinski definition) is 4. The molecular weight excluding hydrogens is 443 g/mol. The third-order valence-corrected chi connectivity index (χ3v) is 5.25. The summed E-state index contributed by atoms with van der Waals surface area (Å²) >= 11 is 0. The topological polar surface area (TPSA) is 53.2 Å².